The highest BCUT2D eigenvalue weighted by Gasteiger charge is 2.27. The van der Waals surface area contributed by atoms with E-state index in [1.165, 1.54) is 7.11 Å². The number of carbonyl (C=O) groups excluding carboxylic acids is 1. The number of hydrogen-bond donors (Lipinski definition) is 0. The molecule has 0 saturated heterocycles. The Labute approximate surface area is 124 Å². The molecule has 0 aliphatic heterocycles. The highest BCUT2D eigenvalue weighted by Crippen LogP contribution is 2.26. The van der Waals surface area contributed by atoms with Crippen LogP contribution in [0.4, 0.5) is 0 Å². The summed E-state index contributed by atoms with van der Waals surface area (Å²) in [5.41, 5.74) is 0.353. The number of carbonyl (C=O) groups is 1. The van der Waals surface area contributed by atoms with Gasteiger partial charge in [0.05, 0.1) is 13.5 Å². The van der Waals surface area contributed by atoms with E-state index in [0.717, 1.165) is 17.1 Å². The van der Waals surface area contributed by atoms with Crippen molar-refractivity contribution in [1.29, 1.82) is 0 Å². The number of imidazole rings is 1. The van der Waals surface area contributed by atoms with Gasteiger partial charge in [-0.2, -0.15) is 0 Å². The molecule has 0 aliphatic carbocycles. The molecule has 2 aromatic rings. The third-order valence-corrected chi connectivity index (χ3v) is 3.23. The first-order valence-electron chi connectivity index (χ1n) is 6.75. The summed E-state index contributed by atoms with van der Waals surface area (Å²) in [6.45, 7) is 3.94. The van der Waals surface area contributed by atoms with Gasteiger partial charge in [-0.15, -0.1) is 0 Å². The third-order valence-electron chi connectivity index (χ3n) is 3.23. The SMILES string of the molecule is COC(=O)Cc1ccc(OC(C)(C)c2nccn2C)cc1. The van der Waals surface area contributed by atoms with E-state index in [4.69, 9.17) is 4.74 Å². The molecular weight excluding hydrogens is 268 g/mol. The Morgan fingerprint density at radius 1 is 1.29 bits per heavy atom. The zero-order chi connectivity index (χ0) is 15.5. The average Bonchev–Trinajstić information content (AvgIpc) is 2.87. The minimum atomic E-state index is -0.540. The topological polar surface area (TPSA) is 53.4 Å². The normalized spacial score (nSPS) is 11.2. The van der Waals surface area contributed by atoms with Crippen molar-refractivity contribution in [3.63, 3.8) is 0 Å². The number of aryl methyl sites for hydroxylation is 1. The van der Waals surface area contributed by atoms with Gasteiger partial charge in [-0.3, -0.25) is 4.79 Å². The molecule has 0 amide bonds. The zero-order valence-electron chi connectivity index (χ0n) is 12.8. The van der Waals surface area contributed by atoms with Crippen molar-refractivity contribution < 1.29 is 14.3 Å². The molecule has 0 radical (unpaired) electrons. The van der Waals surface area contributed by atoms with Gasteiger partial charge in [0, 0.05) is 19.4 Å². The molecular formula is C16H20N2O3. The van der Waals surface area contributed by atoms with E-state index in [9.17, 15) is 4.79 Å². The second kappa shape index (κ2) is 5.99. The number of esters is 1. The van der Waals surface area contributed by atoms with Gasteiger partial charge >= 0.3 is 5.97 Å². The van der Waals surface area contributed by atoms with Crippen molar-refractivity contribution in [2.45, 2.75) is 25.9 Å². The Balaban J connectivity index is 2.09. The average molecular weight is 288 g/mol. The van der Waals surface area contributed by atoms with E-state index in [0.29, 0.717) is 0 Å². The lowest BCUT2D eigenvalue weighted by molar-refractivity contribution is -0.139. The summed E-state index contributed by atoms with van der Waals surface area (Å²) in [4.78, 5) is 15.6. The molecule has 21 heavy (non-hydrogen) atoms. The lowest BCUT2D eigenvalue weighted by Gasteiger charge is -2.26. The second-order valence-electron chi connectivity index (χ2n) is 5.37. The van der Waals surface area contributed by atoms with Crippen molar-refractivity contribution in [1.82, 2.24) is 9.55 Å². The Hall–Kier alpha value is -2.30. The summed E-state index contributed by atoms with van der Waals surface area (Å²) in [6.07, 6.45) is 3.90. The molecule has 112 valence electrons. The summed E-state index contributed by atoms with van der Waals surface area (Å²) in [5.74, 6) is 1.33. The number of rotatable bonds is 5. The van der Waals surface area contributed by atoms with Crippen LogP contribution in [0.1, 0.15) is 25.2 Å². The summed E-state index contributed by atoms with van der Waals surface area (Å²) in [7, 11) is 3.32. The van der Waals surface area contributed by atoms with Crippen LogP contribution in [0.3, 0.4) is 0 Å². The zero-order valence-corrected chi connectivity index (χ0v) is 12.8. The van der Waals surface area contributed by atoms with Crippen LogP contribution in [0.15, 0.2) is 36.7 Å². The van der Waals surface area contributed by atoms with Crippen LogP contribution in [0.25, 0.3) is 0 Å². The summed E-state index contributed by atoms with van der Waals surface area (Å²) in [5, 5.41) is 0. The molecule has 0 saturated carbocycles. The second-order valence-corrected chi connectivity index (χ2v) is 5.37. The molecule has 0 fully saturated rings. The van der Waals surface area contributed by atoms with Crippen molar-refractivity contribution in [3.8, 4) is 5.75 Å². The van der Waals surface area contributed by atoms with Crippen LogP contribution >= 0.6 is 0 Å². The maximum Gasteiger partial charge on any atom is 0.309 e. The van der Waals surface area contributed by atoms with Crippen LogP contribution in [0, 0.1) is 0 Å². The Morgan fingerprint density at radius 2 is 1.95 bits per heavy atom. The van der Waals surface area contributed by atoms with Gasteiger partial charge in [-0.05, 0) is 31.5 Å². The van der Waals surface area contributed by atoms with Crippen LogP contribution < -0.4 is 4.74 Å². The monoisotopic (exact) mass is 288 g/mol. The Kier molecular flexibility index (Phi) is 4.31. The predicted molar refractivity (Wildman–Crippen MR) is 79.0 cm³/mol. The van der Waals surface area contributed by atoms with Gasteiger partial charge < -0.3 is 14.0 Å². The lowest BCUT2D eigenvalue weighted by Crippen LogP contribution is -2.28. The van der Waals surface area contributed by atoms with Crippen molar-refractivity contribution in [2.75, 3.05) is 7.11 Å². The fraction of sp³-hybridized carbons (Fsp3) is 0.375. The van der Waals surface area contributed by atoms with Crippen LogP contribution in [-0.2, 0) is 28.6 Å². The molecule has 0 spiro atoms. The van der Waals surface area contributed by atoms with E-state index in [1.54, 1.807) is 6.20 Å². The molecule has 1 heterocycles. The molecule has 0 N–H and O–H groups in total. The summed E-state index contributed by atoms with van der Waals surface area (Å²) < 4.78 is 12.6. The molecule has 2 rings (SSSR count). The molecule has 0 bridgehead atoms. The Bertz CT molecular complexity index is 615. The summed E-state index contributed by atoms with van der Waals surface area (Å²) >= 11 is 0. The van der Waals surface area contributed by atoms with Crippen LogP contribution in [0.2, 0.25) is 0 Å². The third kappa shape index (κ3) is 3.62. The van der Waals surface area contributed by atoms with Crippen LogP contribution in [-0.4, -0.2) is 22.6 Å². The molecule has 1 aromatic carbocycles. The minimum absolute atomic E-state index is 0.253. The highest BCUT2D eigenvalue weighted by molar-refractivity contribution is 5.72. The number of ether oxygens (including phenoxy) is 2. The number of methoxy groups -OCH3 is 1. The molecule has 0 atom stereocenters. The van der Waals surface area contributed by atoms with E-state index in [-0.39, 0.29) is 12.4 Å². The van der Waals surface area contributed by atoms with Crippen molar-refractivity contribution >= 4 is 5.97 Å². The number of nitrogens with zero attached hydrogens (tertiary/aromatic N) is 2. The van der Waals surface area contributed by atoms with E-state index >= 15 is 0 Å². The lowest BCUT2D eigenvalue weighted by atomic mass is 10.1. The van der Waals surface area contributed by atoms with Gasteiger partial charge in [0.25, 0.3) is 0 Å². The smallest absolute Gasteiger partial charge is 0.309 e. The molecule has 5 heteroatoms. The molecule has 5 nitrogen and oxygen atoms in total. The summed E-state index contributed by atoms with van der Waals surface area (Å²) in [6, 6.07) is 7.42. The number of benzene rings is 1. The maximum absolute atomic E-state index is 11.2. The fourth-order valence-corrected chi connectivity index (χ4v) is 2.20. The predicted octanol–water partition coefficient (Wildman–Crippen LogP) is 2.45. The van der Waals surface area contributed by atoms with Gasteiger partial charge in [-0.25, -0.2) is 4.98 Å². The van der Waals surface area contributed by atoms with Gasteiger partial charge in [0.15, 0.2) is 11.4 Å². The van der Waals surface area contributed by atoms with Gasteiger partial charge in [0.2, 0.25) is 0 Å². The van der Waals surface area contributed by atoms with Crippen molar-refractivity contribution in [2.24, 2.45) is 7.05 Å². The first kappa shape index (κ1) is 15.1. The van der Waals surface area contributed by atoms with Crippen molar-refractivity contribution in [3.05, 3.63) is 48.0 Å². The van der Waals surface area contributed by atoms with Crippen LogP contribution in [0.5, 0.6) is 5.75 Å². The standard InChI is InChI=1S/C16H20N2O3/c1-16(2,15-17-9-10-18(15)3)21-13-7-5-12(6-8-13)11-14(19)20-4/h5-10H,11H2,1-4H3. The quantitative estimate of drug-likeness (QED) is 0.793. The van der Waals surface area contributed by atoms with Gasteiger partial charge in [-0.1, -0.05) is 12.1 Å². The highest BCUT2D eigenvalue weighted by atomic mass is 16.5. The van der Waals surface area contributed by atoms with E-state index in [1.807, 2.05) is 55.9 Å². The minimum Gasteiger partial charge on any atom is -0.480 e. The van der Waals surface area contributed by atoms with E-state index in [2.05, 4.69) is 9.72 Å². The molecule has 1 aromatic heterocycles. The first-order chi connectivity index (χ1) is 9.92. The van der Waals surface area contributed by atoms with E-state index < -0.39 is 5.60 Å². The molecule has 0 unspecified atom stereocenters. The fourth-order valence-electron chi connectivity index (χ4n) is 2.20. The van der Waals surface area contributed by atoms with Gasteiger partial charge in [0.1, 0.15) is 5.75 Å². The largest absolute Gasteiger partial charge is 0.480 e. The maximum atomic E-state index is 11.2. The first-order valence-corrected chi connectivity index (χ1v) is 6.75. The Morgan fingerprint density at radius 3 is 2.48 bits per heavy atom. The number of aromatic nitrogens is 2. The molecule has 0 aliphatic rings. The number of hydrogen-bond acceptors (Lipinski definition) is 4.